The number of hydrogen-bond donors (Lipinski definition) is 0. The summed E-state index contributed by atoms with van der Waals surface area (Å²) < 4.78 is 11.2. The van der Waals surface area contributed by atoms with Crippen LogP contribution in [-0.2, 0) is 14.3 Å². The van der Waals surface area contributed by atoms with E-state index in [1.54, 1.807) is 0 Å². The van der Waals surface area contributed by atoms with Gasteiger partial charge in [-0.25, -0.2) is 0 Å². The third-order valence-corrected chi connectivity index (χ3v) is 2.32. The molecule has 0 N–H and O–H groups in total. The molecule has 3 nitrogen and oxygen atoms in total. The van der Waals surface area contributed by atoms with E-state index in [1.807, 2.05) is 48.5 Å². The van der Waals surface area contributed by atoms with E-state index >= 15 is 0 Å². The van der Waals surface area contributed by atoms with E-state index in [9.17, 15) is 4.79 Å². The highest BCUT2D eigenvalue weighted by Crippen LogP contribution is 2.16. The summed E-state index contributed by atoms with van der Waals surface area (Å²) in [6, 6.07) is 0. The van der Waals surface area contributed by atoms with Crippen LogP contribution in [0.15, 0.2) is 0 Å². The molecule has 0 spiro atoms. The van der Waals surface area contributed by atoms with Crippen LogP contribution in [0.2, 0.25) is 0 Å². The van der Waals surface area contributed by atoms with Gasteiger partial charge in [-0.05, 0) is 27.7 Å². The van der Waals surface area contributed by atoms with Gasteiger partial charge in [-0.2, -0.15) is 0 Å². The molecular weight excluding hydrogens is 216 g/mol. The minimum absolute atomic E-state index is 0.0296. The molecule has 0 aromatic rings. The van der Waals surface area contributed by atoms with Gasteiger partial charge in [0.05, 0.1) is 24.9 Å². The Labute approximate surface area is 106 Å². The maximum Gasteiger partial charge on any atom is 0.140 e. The number of rotatable bonds is 6. The van der Waals surface area contributed by atoms with Crippen LogP contribution in [0.5, 0.6) is 0 Å². The second-order valence-corrected chi connectivity index (χ2v) is 6.53. The molecule has 0 fully saturated rings. The molecule has 0 amide bonds. The van der Waals surface area contributed by atoms with E-state index in [0.29, 0.717) is 19.6 Å². The predicted molar refractivity (Wildman–Crippen MR) is 70.2 cm³/mol. The molecule has 0 aromatic heterocycles. The van der Waals surface area contributed by atoms with Gasteiger partial charge in [0.25, 0.3) is 0 Å². The lowest BCUT2D eigenvalue weighted by atomic mass is 9.89. The Morgan fingerprint density at radius 2 is 1.65 bits per heavy atom. The van der Waals surface area contributed by atoms with Crippen molar-refractivity contribution < 1.29 is 14.3 Å². The standard InChI is InChI=1S/C14H28O3/c1-11(10-17-14(5,6)7)16-9-8-12(15)13(2,3)4/h11H,8-10H2,1-7H3/t11-/m0/s1. The molecule has 102 valence electrons. The van der Waals surface area contributed by atoms with Crippen LogP contribution < -0.4 is 0 Å². The van der Waals surface area contributed by atoms with E-state index in [2.05, 4.69) is 0 Å². The molecule has 0 radical (unpaired) electrons. The van der Waals surface area contributed by atoms with Crippen molar-refractivity contribution in [3.05, 3.63) is 0 Å². The van der Waals surface area contributed by atoms with Crippen molar-refractivity contribution in [3.63, 3.8) is 0 Å². The Hall–Kier alpha value is -0.410. The van der Waals surface area contributed by atoms with Crippen LogP contribution >= 0.6 is 0 Å². The number of carbonyl (C=O) groups excluding carboxylic acids is 1. The van der Waals surface area contributed by atoms with Crippen molar-refractivity contribution in [2.24, 2.45) is 5.41 Å². The topological polar surface area (TPSA) is 35.5 Å². The summed E-state index contributed by atoms with van der Waals surface area (Å²) in [5.41, 5.74) is -0.409. The lowest BCUT2D eigenvalue weighted by Gasteiger charge is -2.23. The molecule has 0 unspecified atom stereocenters. The van der Waals surface area contributed by atoms with Crippen LogP contribution in [0.4, 0.5) is 0 Å². The number of hydrogen-bond acceptors (Lipinski definition) is 3. The zero-order chi connectivity index (χ0) is 13.7. The smallest absolute Gasteiger partial charge is 0.140 e. The fourth-order valence-electron chi connectivity index (χ4n) is 1.14. The summed E-state index contributed by atoms with van der Waals surface area (Å²) in [6.45, 7) is 14.9. The highest BCUT2D eigenvalue weighted by Gasteiger charge is 2.21. The Bertz CT molecular complexity index is 233. The minimum atomic E-state index is -0.269. The third-order valence-electron chi connectivity index (χ3n) is 2.32. The zero-order valence-corrected chi connectivity index (χ0v) is 12.4. The molecule has 0 aliphatic rings. The normalized spacial score (nSPS) is 14.8. The predicted octanol–water partition coefficient (Wildman–Crippen LogP) is 3.21. The Morgan fingerprint density at radius 1 is 1.12 bits per heavy atom. The van der Waals surface area contributed by atoms with Crippen molar-refractivity contribution in [3.8, 4) is 0 Å². The molecule has 0 saturated heterocycles. The zero-order valence-electron chi connectivity index (χ0n) is 12.4. The van der Waals surface area contributed by atoms with Gasteiger partial charge in [0, 0.05) is 11.8 Å². The van der Waals surface area contributed by atoms with Crippen LogP contribution in [0.1, 0.15) is 54.9 Å². The molecule has 17 heavy (non-hydrogen) atoms. The first kappa shape index (κ1) is 16.6. The summed E-state index contributed by atoms with van der Waals surface area (Å²) in [6.07, 6.45) is 0.505. The largest absolute Gasteiger partial charge is 0.376 e. The number of Topliss-reactive ketones (excluding diaryl/α,β-unsaturated/α-hetero) is 1. The van der Waals surface area contributed by atoms with E-state index in [1.165, 1.54) is 0 Å². The number of ketones is 1. The molecule has 0 rings (SSSR count). The van der Waals surface area contributed by atoms with Crippen molar-refractivity contribution in [2.45, 2.75) is 66.6 Å². The van der Waals surface area contributed by atoms with Gasteiger partial charge in [-0.3, -0.25) is 4.79 Å². The summed E-state index contributed by atoms with van der Waals surface area (Å²) in [4.78, 5) is 11.7. The summed E-state index contributed by atoms with van der Waals surface area (Å²) >= 11 is 0. The Balaban J connectivity index is 3.72. The van der Waals surface area contributed by atoms with E-state index in [0.717, 1.165) is 0 Å². The Kier molecular flexibility index (Phi) is 6.35. The first-order valence-corrected chi connectivity index (χ1v) is 6.31. The van der Waals surface area contributed by atoms with Gasteiger partial charge >= 0.3 is 0 Å². The van der Waals surface area contributed by atoms with E-state index in [4.69, 9.17) is 9.47 Å². The monoisotopic (exact) mass is 244 g/mol. The second-order valence-electron chi connectivity index (χ2n) is 6.53. The maximum absolute atomic E-state index is 11.7. The lowest BCUT2D eigenvalue weighted by Crippen LogP contribution is -2.27. The van der Waals surface area contributed by atoms with Crippen molar-refractivity contribution >= 4 is 5.78 Å². The van der Waals surface area contributed by atoms with Gasteiger partial charge < -0.3 is 9.47 Å². The fourth-order valence-corrected chi connectivity index (χ4v) is 1.14. The average molecular weight is 244 g/mol. The third kappa shape index (κ3) is 9.31. The van der Waals surface area contributed by atoms with Crippen molar-refractivity contribution in [2.75, 3.05) is 13.2 Å². The molecule has 0 heterocycles. The first-order valence-electron chi connectivity index (χ1n) is 6.31. The van der Waals surface area contributed by atoms with E-state index in [-0.39, 0.29) is 22.9 Å². The maximum atomic E-state index is 11.7. The summed E-state index contributed by atoms with van der Waals surface area (Å²) in [5.74, 6) is 0.237. The second kappa shape index (κ2) is 6.50. The highest BCUT2D eigenvalue weighted by molar-refractivity contribution is 5.83. The molecule has 0 bridgehead atoms. The fraction of sp³-hybridized carbons (Fsp3) is 0.929. The minimum Gasteiger partial charge on any atom is -0.376 e. The van der Waals surface area contributed by atoms with Crippen LogP contribution in [0.3, 0.4) is 0 Å². The quantitative estimate of drug-likeness (QED) is 0.719. The molecule has 0 saturated carbocycles. The van der Waals surface area contributed by atoms with Gasteiger partial charge in [0.1, 0.15) is 5.78 Å². The number of carbonyl (C=O) groups is 1. The number of ether oxygens (including phenoxy) is 2. The Morgan fingerprint density at radius 3 is 2.06 bits per heavy atom. The van der Waals surface area contributed by atoms with Crippen LogP contribution in [0.25, 0.3) is 0 Å². The highest BCUT2D eigenvalue weighted by atomic mass is 16.5. The van der Waals surface area contributed by atoms with Crippen LogP contribution in [0, 0.1) is 5.41 Å². The average Bonchev–Trinajstić information content (AvgIpc) is 2.12. The molecular formula is C14H28O3. The van der Waals surface area contributed by atoms with E-state index < -0.39 is 0 Å². The van der Waals surface area contributed by atoms with Crippen molar-refractivity contribution in [1.82, 2.24) is 0 Å². The van der Waals surface area contributed by atoms with Gasteiger partial charge in [0.2, 0.25) is 0 Å². The molecule has 0 aromatic carbocycles. The molecule has 1 atom stereocenters. The summed E-state index contributed by atoms with van der Waals surface area (Å²) in [7, 11) is 0. The first-order chi connectivity index (χ1) is 7.52. The van der Waals surface area contributed by atoms with Gasteiger partial charge in [-0.1, -0.05) is 20.8 Å². The van der Waals surface area contributed by atoms with Gasteiger partial charge in [-0.15, -0.1) is 0 Å². The molecule has 0 aliphatic heterocycles. The molecule has 3 heteroatoms. The summed E-state index contributed by atoms with van der Waals surface area (Å²) in [5, 5.41) is 0. The van der Waals surface area contributed by atoms with Crippen molar-refractivity contribution in [1.29, 1.82) is 0 Å². The molecule has 0 aliphatic carbocycles. The van der Waals surface area contributed by atoms with Crippen LogP contribution in [-0.4, -0.2) is 30.7 Å². The lowest BCUT2D eigenvalue weighted by molar-refractivity contribution is -0.128. The van der Waals surface area contributed by atoms with Gasteiger partial charge in [0.15, 0.2) is 0 Å². The SMILES string of the molecule is C[C@@H](COC(C)(C)C)OCCC(=O)C(C)(C)C.